The molecular weight excluding hydrogens is 411 g/mol. The van der Waals surface area contributed by atoms with Crippen molar-refractivity contribution in [2.24, 2.45) is 0 Å². The van der Waals surface area contributed by atoms with E-state index in [4.69, 9.17) is 10.6 Å². The van der Waals surface area contributed by atoms with Gasteiger partial charge in [0, 0.05) is 5.56 Å². The number of nitrogens with zero attached hydrogens (tertiary/aromatic N) is 4. The van der Waals surface area contributed by atoms with Crippen LogP contribution in [0.3, 0.4) is 0 Å². The number of carbonyl (C=O) groups is 1. The largest absolute Gasteiger partial charge is 0.465 e. The molecule has 11 heteroatoms. The van der Waals surface area contributed by atoms with Crippen LogP contribution in [0.2, 0.25) is 0 Å². The summed E-state index contributed by atoms with van der Waals surface area (Å²) in [6, 6.07) is 10.3. The molecule has 152 valence electrons. The van der Waals surface area contributed by atoms with E-state index in [9.17, 15) is 14.0 Å². The van der Waals surface area contributed by atoms with Crippen molar-refractivity contribution in [1.29, 1.82) is 0 Å². The minimum absolute atomic E-state index is 0.256. The Morgan fingerprint density at radius 3 is 2.73 bits per heavy atom. The molecule has 4 aromatic rings. The number of aromatic nitrogens is 5. The van der Waals surface area contributed by atoms with E-state index in [-0.39, 0.29) is 17.1 Å². The first-order chi connectivity index (χ1) is 14.5. The Balaban J connectivity index is 1.58. The Kier molecular flexibility index (Phi) is 5.19. The van der Waals surface area contributed by atoms with Crippen molar-refractivity contribution in [3.63, 3.8) is 0 Å². The summed E-state index contributed by atoms with van der Waals surface area (Å²) in [5.74, 6) is 6.19. The SMILES string of the molecule is COC(=O)c1ccc2c(=O)[nH]c(CSc3nnc(-c4ccc(F)cc4)n3N)nc2c1. The minimum Gasteiger partial charge on any atom is -0.465 e. The normalized spacial score (nSPS) is 11.0. The molecule has 9 nitrogen and oxygen atoms in total. The van der Waals surface area contributed by atoms with Crippen LogP contribution in [0.15, 0.2) is 52.4 Å². The number of rotatable bonds is 5. The fourth-order valence-corrected chi connectivity index (χ4v) is 3.53. The Morgan fingerprint density at radius 1 is 1.23 bits per heavy atom. The number of halogens is 1. The van der Waals surface area contributed by atoms with Gasteiger partial charge in [-0.05, 0) is 42.5 Å². The lowest BCUT2D eigenvalue weighted by atomic mass is 10.1. The second-order valence-corrected chi connectivity index (χ2v) is 7.15. The van der Waals surface area contributed by atoms with Crippen LogP contribution in [-0.2, 0) is 10.5 Å². The number of methoxy groups -OCH3 is 1. The molecule has 2 aromatic carbocycles. The summed E-state index contributed by atoms with van der Waals surface area (Å²) < 4.78 is 19.1. The predicted molar refractivity (Wildman–Crippen MR) is 109 cm³/mol. The number of thioether (sulfide) groups is 1. The number of nitrogens with one attached hydrogen (secondary N) is 1. The van der Waals surface area contributed by atoms with Crippen molar-refractivity contribution in [2.45, 2.75) is 10.9 Å². The quantitative estimate of drug-likeness (QED) is 0.282. The highest BCUT2D eigenvalue weighted by Gasteiger charge is 2.14. The fourth-order valence-electron chi connectivity index (χ4n) is 2.81. The number of hydrogen-bond acceptors (Lipinski definition) is 8. The van der Waals surface area contributed by atoms with Crippen LogP contribution in [0, 0.1) is 5.82 Å². The standard InChI is InChI=1S/C19H15FN6O3S/c1-29-18(28)11-4-7-13-14(8-11)22-15(23-17(13)27)9-30-19-25-24-16(26(19)21)10-2-5-12(20)6-3-10/h2-8H,9,21H2,1H3,(H,22,23,27). The molecule has 0 atom stereocenters. The molecule has 30 heavy (non-hydrogen) atoms. The minimum atomic E-state index is -0.514. The lowest BCUT2D eigenvalue weighted by Gasteiger charge is -2.05. The summed E-state index contributed by atoms with van der Waals surface area (Å²) in [4.78, 5) is 31.2. The van der Waals surface area contributed by atoms with E-state index in [1.165, 1.54) is 53.9 Å². The van der Waals surface area contributed by atoms with Gasteiger partial charge in [0.1, 0.15) is 11.6 Å². The molecule has 0 spiro atoms. The van der Waals surface area contributed by atoms with E-state index in [1.54, 1.807) is 12.1 Å². The van der Waals surface area contributed by atoms with Crippen molar-refractivity contribution >= 4 is 28.6 Å². The van der Waals surface area contributed by atoms with E-state index >= 15 is 0 Å². The smallest absolute Gasteiger partial charge is 0.337 e. The summed E-state index contributed by atoms with van der Waals surface area (Å²) in [5, 5.41) is 8.82. The number of nitrogens with two attached hydrogens (primary N) is 1. The molecule has 0 unspecified atom stereocenters. The number of carbonyl (C=O) groups excluding carboxylic acids is 1. The van der Waals surface area contributed by atoms with Crippen LogP contribution in [0.1, 0.15) is 16.2 Å². The van der Waals surface area contributed by atoms with Gasteiger partial charge in [0.15, 0.2) is 5.82 Å². The highest BCUT2D eigenvalue weighted by molar-refractivity contribution is 7.98. The van der Waals surface area contributed by atoms with Crippen molar-refractivity contribution in [1.82, 2.24) is 24.8 Å². The number of benzene rings is 2. The second kappa shape index (κ2) is 7.95. The average molecular weight is 426 g/mol. The van der Waals surface area contributed by atoms with Crippen LogP contribution in [-0.4, -0.2) is 37.9 Å². The monoisotopic (exact) mass is 426 g/mol. The van der Waals surface area contributed by atoms with Crippen LogP contribution in [0.25, 0.3) is 22.3 Å². The van der Waals surface area contributed by atoms with Gasteiger partial charge in [-0.25, -0.2) is 18.8 Å². The highest BCUT2D eigenvalue weighted by atomic mass is 32.2. The molecule has 4 rings (SSSR count). The van der Waals surface area contributed by atoms with Gasteiger partial charge in [-0.15, -0.1) is 10.2 Å². The predicted octanol–water partition coefficient (Wildman–Crippen LogP) is 2.11. The van der Waals surface area contributed by atoms with Gasteiger partial charge in [0.25, 0.3) is 5.56 Å². The van der Waals surface area contributed by atoms with E-state index < -0.39 is 5.97 Å². The molecule has 2 heterocycles. The van der Waals surface area contributed by atoms with Gasteiger partial charge < -0.3 is 15.6 Å². The zero-order chi connectivity index (χ0) is 21.3. The summed E-state index contributed by atoms with van der Waals surface area (Å²) in [7, 11) is 1.28. The molecule has 2 aromatic heterocycles. The summed E-state index contributed by atoms with van der Waals surface area (Å²) in [6.45, 7) is 0. The zero-order valence-electron chi connectivity index (χ0n) is 15.6. The van der Waals surface area contributed by atoms with Crippen LogP contribution < -0.4 is 11.4 Å². The maximum atomic E-state index is 13.1. The van der Waals surface area contributed by atoms with E-state index in [0.29, 0.717) is 38.8 Å². The number of nitrogen functional groups attached to an aromatic ring is 1. The van der Waals surface area contributed by atoms with Crippen LogP contribution in [0.5, 0.6) is 0 Å². The first-order valence-electron chi connectivity index (χ1n) is 8.67. The number of ether oxygens (including phenoxy) is 1. The van der Waals surface area contributed by atoms with Crippen molar-refractivity contribution in [3.8, 4) is 11.4 Å². The molecular formula is C19H15FN6O3S. The zero-order valence-corrected chi connectivity index (χ0v) is 16.4. The molecule has 3 N–H and O–H groups in total. The third-order valence-electron chi connectivity index (χ3n) is 4.28. The lowest BCUT2D eigenvalue weighted by Crippen LogP contribution is -2.13. The molecule has 0 amide bonds. The molecule has 0 aliphatic carbocycles. The van der Waals surface area contributed by atoms with Gasteiger partial charge >= 0.3 is 5.97 Å². The van der Waals surface area contributed by atoms with Gasteiger partial charge in [0.05, 0.1) is 29.3 Å². The molecule has 0 saturated carbocycles. The van der Waals surface area contributed by atoms with E-state index in [2.05, 4.69) is 20.2 Å². The molecule has 0 bridgehead atoms. The van der Waals surface area contributed by atoms with Gasteiger partial charge in [-0.1, -0.05) is 11.8 Å². The lowest BCUT2D eigenvalue weighted by molar-refractivity contribution is 0.0601. The maximum Gasteiger partial charge on any atom is 0.337 e. The number of fused-ring (bicyclic) bond motifs is 1. The van der Waals surface area contributed by atoms with Gasteiger partial charge in [-0.2, -0.15) is 0 Å². The number of hydrogen-bond donors (Lipinski definition) is 2. The van der Waals surface area contributed by atoms with Crippen LogP contribution in [0.4, 0.5) is 4.39 Å². The Morgan fingerprint density at radius 2 is 2.00 bits per heavy atom. The molecule has 0 fully saturated rings. The number of H-pyrrole nitrogens is 1. The fraction of sp³-hybridized carbons (Fsp3) is 0.105. The van der Waals surface area contributed by atoms with Crippen molar-refractivity contribution < 1.29 is 13.9 Å². The molecule has 0 aliphatic rings. The summed E-state index contributed by atoms with van der Waals surface area (Å²) >= 11 is 1.22. The van der Waals surface area contributed by atoms with Crippen molar-refractivity contribution in [2.75, 3.05) is 13.0 Å². The Bertz CT molecular complexity index is 1300. The van der Waals surface area contributed by atoms with Gasteiger partial charge in [-0.3, -0.25) is 4.79 Å². The van der Waals surface area contributed by atoms with E-state index in [0.717, 1.165) is 0 Å². The highest BCUT2D eigenvalue weighted by Crippen LogP contribution is 2.24. The number of esters is 1. The maximum absolute atomic E-state index is 13.1. The second-order valence-electron chi connectivity index (χ2n) is 6.21. The first-order valence-corrected chi connectivity index (χ1v) is 9.65. The molecule has 0 aliphatic heterocycles. The summed E-state index contributed by atoms with van der Waals surface area (Å²) in [5.41, 5.74) is 0.963. The third-order valence-corrected chi connectivity index (χ3v) is 5.24. The van der Waals surface area contributed by atoms with Crippen LogP contribution >= 0.6 is 11.8 Å². The molecule has 0 saturated heterocycles. The van der Waals surface area contributed by atoms with E-state index in [1.807, 2.05) is 0 Å². The topological polar surface area (TPSA) is 129 Å². The average Bonchev–Trinajstić information content (AvgIpc) is 3.12. The number of aromatic amines is 1. The first kappa shape index (κ1) is 19.6. The third kappa shape index (κ3) is 3.74. The Hall–Kier alpha value is -3.73. The Labute approximate surface area is 173 Å². The van der Waals surface area contributed by atoms with Crippen molar-refractivity contribution in [3.05, 3.63) is 70.0 Å². The van der Waals surface area contributed by atoms with Gasteiger partial charge in [0.2, 0.25) is 5.16 Å². The molecule has 0 radical (unpaired) electrons. The summed E-state index contributed by atoms with van der Waals surface area (Å²) in [6.07, 6.45) is 0.